The van der Waals surface area contributed by atoms with Crippen LogP contribution in [0.5, 0.6) is 0 Å². The lowest BCUT2D eigenvalue weighted by Crippen LogP contribution is -2.59. The Kier molecular flexibility index (Phi) is 11.8. The third-order valence-corrected chi connectivity index (χ3v) is 8.33. The Bertz CT molecular complexity index is 1390. The number of likely N-dealkylation sites (tertiary alicyclic amines) is 1. The fourth-order valence-corrected chi connectivity index (χ4v) is 6.14. The molecule has 0 spiro atoms. The number of hydrogen-bond donors (Lipinski definition) is 0. The van der Waals surface area contributed by atoms with E-state index in [2.05, 4.69) is 0 Å². The summed E-state index contributed by atoms with van der Waals surface area (Å²) < 4.78 is 16.3. The molecule has 4 atom stereocenters. The third kappa shape index (κ3) is 9.38. The van der Waals surface area contributed by atoms with E-state index in [9.17, 15) is 19.2 Å². The Hall–Kier alpha value is -3.30. The van der Waals surface area contributed by atoms with E-state index in [1.165, 1.54) is 7.11 Å². The molecule has 11 heteroatoms. The number of nitrogens with zero attached hydrogens (tertiary/aromatic N) is 2. The molecule has 46 heavy (non-hydrogen) atoms. The molecule has 9 nitrogen and oxygen atoms in total. The average molecular weight is 678 g/mol. The first-order valence-corrected chi connectivity index (χ1v) is 16.2. The van der Waals surface area contributed by atoms with Gasteiger partial charge < -0.3 is 19.1 Å². The quantitative estimate of drug-likeness (QED) is 0.204. The maximum absolute atomic E-state index is 14.8. The Balaban J connectivity index is 2.25. The lowest BCUT2D eigenvalue weighted by molar-refractivity contribution is -0.162. The largest absolute Gasteiger partial charge is 0.469 e. The van der Waals surface area contributed by atoms with Gasteiger partial charge in [-0.3, -0.25) is 9.59 Å². The SMILES string of the molecule is CCC(CN(C(=O)OC(C)(C)C)C(=O)OC(C)(C)C)N1C(=O)[C@@](C)(CC(=O)OC)C[C@H](c2cccc(Cl)c2)[C@H]1c1ccc(Cl)cc1. The second kappa shape index (κ2) is 14.6. The van der Waals surface area contributed by atoms with Crippen LogP contribution in [0.25, 0.3) is 0 Å². The van der Waals surface area contributed by atoms with Crippen molar-refractivity contribution in [1.82, 2.24) is 9.80 Å². The number of rotatable bonds is 8. The van der Waals surface area contributed by atoms with Crippen molar-refractivity contribution in [3.05, 3.63) is 69.7 Å². The zero-order valence-electron chi connectivity index (χ0n) is 28.2. The zero-order chi connectivity index (χ0) is 34.6. The van der Waals surface area contributed by atoms with Crippen molar-refractivity contribution in [3.8, 4) is 0 Å². The number of imide groups is 1. The van der Waals surface area contributed by atoms with E-state index in [1.807, 2.05) is 37.3 Å². The Morgan fingerprint density at radius 1 is 0.935 bits per heavy atom. The number of carbonyl (C=O) groups excluding carboxylic acids is 4. The monoisotopic (exact) mass is 676 g/mol. The van der Waals surface area contributed by atoms with E-state index < -0.39 is 46.9 Å². The second-order valence-electron chi connectivity index (χ2n) is 14.0. The van der Waals surface area contributed by atoms with Gasteiger partial charge in [0, 0.05) is 16.0 Å². The standard InChI is InChI=1S/C35H46Cl2N2O7/c1-10-26(21-38(31(42)45-33(2,3)4)32(43)46-34(5,6)7)39-29(22-14-16-24(36)17-15-22)27(23-12-11-13-25(37)18-23)19-35(8,30(39)41)20-28(40)44-9/h11-18,26-27,29H,10,19-21H2,1-9H3/t26?,27-,29-,35-/m1/s1. The molecule has 0 radical (unpaired) electrons. The first kappa shape index (κ1) is 37.2. The molecule has 0 N–H and O–H groups in total. The van der Waals surface area contributed by atoms with Crippen molar-refractivity contribution in [3.63, 3.8) is 0 Å². The van der Waals surface area contributed by atoms with Gasteiger partial charge in [-0.05, 0) is 89.8 Å². The Morgan fingerprint density at radius 3 is 1.98 bits per heavy atom. The summed E-state index contributed by atoms with van der Waals surface area (Å²) in [6.07, 6.45) is -1.29. The van der Waals surface area contributed by atoms with Gasteiger partial charge in [-0.1, -0.05) is 61.3 Å². The number of carbonyl (C=O) groups is 4. The van der Waals surface area contributed by atoms with E-state index >= 15 is 0 Å². The van der Waals surface area contributed by atoms with E-state index in [4.69, 9.17) is 37.4 Å². The first-order chi connectivity index (χ1) is 21.3. The summed E-state index contributed by atoms with van der Waals surface area (Å²) in [4.78, 5) is 57.2. The zero-order valence-corrected chi connectivity index (χ0v) is 29.7. The Morgan fingerprint density at radius 2 is 1.50 bits per heavy atom. The fourth-order valence-electron chi connectivity index (χ4n) is 5.82. The van der Waals surface area contributed by atoms with Crippen LogP contribution in [0.2, 0.25) is 10.0 Å². The van der Waals surface area contributed by atoms with Crippen LogP contribution in [0.3, 0.4) is 0 Å². The highest BCUT2D eigenvalue weighted by atomic mass is 35.5. The van der Waals surface area contributed by atoms with Gasteiger partial charge in [0.25, 0.3) is 0 Å². The summed E-state index contributed by atoms with van der Waals surface area (Å²) in [5.74, 6) is -1.17. The van der Waals surface area contributed by atoms with Gasteiger partial charge in [0.1, 0.15) is 11.2 Å². The molecule has 3 amide bonds. The number of benzene rings is 2. The van der Waals surface area contributed by atoms with E-state index in [0.717, 1.165) is 16.0 Å². The molecule has 1 aliphatic heterocycles. The number of halogens is 2. The van der Waals surface area contributed by atoms with Crippen LogP contribution in [-0.2, 0) is 23.8 Å². The lowest BCUT2D eigenvalue weighted by atomic mass is 9.67. The molecule has 0 aliphatic carbocycles. The normalized spacial score (nSPS) is 20.9. The minimum Gasteiger partial charge on any atom is -0.469 e. The van der Waals surface area contributed by atoms with Gasteiger partial charge in [-0.25, -0.2) is 14.5 Å². The fraction of sp³-hybridized carbons (Fsp3) is 0.543. The van der Waals surface area contributed by atoms with Crippen molar-refractivity contribution in [2.24, 2.45) is 5.41 Å². The van der Waals surface area contributed by atoms with Gasteiger partial charge >= 0.3 is 18.2 Å². The molecule has 3 rings (SSSR count). The highest BCUT2D eigenvalue weighted by Crippen LogP contribution is 2.52. The second-order valence-corrected chi connectivity index (χ2v) is 14.9. The van der Waals surface area contributed by atoms with Crippen LogP contribution < -0.4 is 0 Å². The Labute approximate surface area is 282 Å². The van der Waals surface area contributed by atoms with Crippen LogP contribution in [0.4, 0.5) is 9.59 Å². The van der Waals surface area contributed by atoms with Crippen molar-refractivity contribution in [2.45, 2.75) is 104 Å². The van der Waals surface area contributed by atoms with Gasteiger partial charge in [-0.15, -0.1) is 0 Å². The number of piperidine rings is 1. The molecule has 1 saturated heterocycles. The van der Waals surface area contributed by atoms with Crippen LogP contribution in [-0.4, -0.2) is 64.8 Å². The van der Waals surface area contributed by atoms with E-state index in [1.54, 1.807) is 71.6 Å². The van der Waals surface area contributed by atoms with E-state index in [-0.39, 0.29) is 24.8 Å². The summed E-state index contributed by atoms with van der Waals surface area (Å²) >= 11 is 12.8. The molecule has 0 aromatic heterocycles. The predicted molar refractivity (Wildman–Crippen MR) is 178 cm³/mol. The molecule has 252 valence electrons. The number of ether oxygens (including phenoxy) is 3. The van der Waals surface area contributed by atoms with Crippen molar-refractivity contribution in [1.29, 1.82) is 0 Å². The van der Waals surface area contributed by atoms with Crippen molar-refractivity contribution in [2.75, 3.05) is 13.7 Å². The maximum Gasteiger partial charge on any atom is 0.419 e. The average Bonchev–Trinajstić information content (AvgIpc) is 2.93. The molecule has 1 heterocycles. The number of hydrogen-bond acceptors (Lipinski definition) is 7. The van der Waals surface area contributed by atoms with Crippen LogP contribution in [0.1, 0.15) is 97.7 Å². The minimum atomic E-state index is -1.18. The van der Waals surface area contributed by atoms with Gasteiger partial charge in [0.15, 0.2) is 0 Å². The summed E-state index contributed by atoms with van der Waals surface area (Å²) in [5.41, 5.74) is -1.32. The molecule has 0 saturated carbocycles. The van der Waals surface area contributed by atoms with E-state index in [0.29, 0.717) is 22.9 Å². The lowest BCUT2D eigenvalue weighted by Gasteiger charge is -2.52. The molecular weight excluding hydrogens is 631 g/mol. The third-order valence-electron chi connectivity index (χ3n) is 7.84. The molecule has 2 aromatic rings. The summed E-state index contributed by atoms with van der Waals surface area (Å²) in [7, 11) is 1.29. The van der Waals surface area contributed by atoms with Crippen LogP contribution in [0, 0.1) is 5.41 Å². The predicted octanol–water partition coefficient (Wildman–Crippen LogP) is 8.57. The highest BCUT2D eigenvalue weighted by molar-refractivity contribution is 6.30. The minimum absolute atomic E-state index is 0.165. The van der Waals surface area contributed by atoms with Gasteiger partial charge in [-0.2, -0.15) is 0 Å². The van der Waals surface area contributed by atoms with Crippen LogP contribution in [0.15, 0.2) is 48.5 Å². The summed E-state index contributed by atoms with van der Waals surface area (Å²) in [6, 6.07) is 13.4. The number of esters is 1. The summed E-state index contributed by atoms with van der Waals surface area (Å²) in [5, 5.41) is 1.05. The molecular formula is C35H46Cl2N2O7. The highest BCUT2D eigenvalue weighted by Gasteiger charge is 2.53. The van der Waals surface area contributed by atoms with Crippen molar-refractivity contribution >= 4 is 47.3 Å². The molecule has 1 unspecified atom stereocenters. The maximum atomic E-state index is 14.8. The molecule has 1 fully saturated rings. The summed E-state index contributed by atoms with van der Waals surface area (Å²) in [6.45, 7) is 13.6. The smallest absolute Gasteiger partial charge is 0.419 e. The molecule has 0 bridgehead atoms. The van der Waals surface area contributed by atoms with Gasteiger partial charge in [0.2, 0.25) is 5.91 Å². The van der Waals surface area contributed by atoms with Crippen LogP contribution >= 0.6 is 23.2 Å². The first-order valence-electron chi connectivity index (χ1n) is 15.4. The van der Waals surface area contributed by atoms with Crippen molar-refractivity contribution < 1.29 is 33.4 Å². The molecule has 2 aromatic carbocycles. The van der Waals surface area contributed by atoms with Gasteiger partial charge in [0.05, 0.1) is 37.6 Å². The topological polar surface area (TPSA) is 102 Å². The number of amides is 3. The number of methoxy groups -OCH3 is 1. The molecule has 1 aliphatic rings.